The molecule has 7 heteroatoms. The van der Waals surface area contributed by atoms with E-state index in [4.69, 9.17) is 0 Å². The molecular formula is C15H26ClN5O. The van der Waals surface area contributed by atoms with Crippen molar-refractivity contribution < 1.29 is 4.79 Å². The number of likely N-dealkylation sites (tertiary alicyclic amines) is 1. The first-order valence-electron chi connectivity index (χ1n) is 7.97. The van der Waals surface area contributed by atoms with E-state index < -0.39 is 0 Å². The fourth-order valence-electron chi connectivity index (χ4n) is 3.50. The highest BCUT2D eigenvalue weighted by Crippen LogP contribution is 2.20. The van der Waals surface area contributed by atoms with Crippen LogP contribution in [0.2, 0.25) is 0 Å². The number of carbonyl (C=O) groups excluding carboxylic acids is 1. The summed E-state index contributed by atoms with van der Waals surface area (Å²) < 4.78 is 0. The molecule has 2 N–H and O–H groups in total. The molecule has 0 aliphatic carbocycles. The van der Waals surface area contributed by atoms with Crippen LogP contribution in [0.25, 0.3) is 0 Å². The molecule has 0 spiro atoms. The second-order valence-electron chi connectivity index (χ2n) is 6.07. The molecular weight excluding hydrogens is 302 g/mol. The summed E-state index contributed by atoms with van der Waals surface area (Å²) >= 11 is 0. The molecule has 1 aromatic rings. The SMILES string of the molecule is CCN1CCCC1CN(C)C(=O)c1n[nH]c2c1CNCC2.Cl. The first kappa shape index (κ1) is 17.2. The summed E-state index contributed by atoms with van der Waals surface area (Å²) in [4.78, 5) is 17.0. The Morgan fingerprint density at radius 1 is 1.50 bits per heavy atom. The van der Waals surface area contributed by atoms with Gasteiger partial charge in [-0.2, -0.15) is 5.10 Å². The zero-order valence-corrected chi connectivity index (χ0v) is 14.2. The van der Waals surface area contributed by atoms with Crippen LogP contribution in [0, 0.1) is 0 Å². The molecule has 1 amide bonds. The molecule has 22 heavy (non-hydrogen) atoms. The molecule has 1 atom stereocenters. The van der Waals surface area contributed by atoms with Crippen LogP contribution in [0.15, 0.2) is 0 Å². The topological polar surface area (TPSA) is 64.3 Å². The van der Waals surface area contributed by atoms with E-state index in [0.29, 0.717) is 11.7 Å². The van der Waals surface area contributed by atoms with E-state index in [1.165, 1.54) is 12.8 Å². The van der Waals surface area contributed by atoms with Crippen molar-refractivity contribution in [3.8, 4) is 0 Å². The largest absolute Gasteiger partial charge is 0.339 e. The molecule has 1 aromatic heterocycles. The van der Waals surface area contributed by atoms with Gasteiger partial charge in [0, 0.05) is 50.4 Å². The van der Waals surface area contributed by atoms with Gasteiger partial charge >= 0.3 is 0 Å². The van der Waals surface area contributed by atoms with Gasteiger partial charge in [-0.3, -0.25) is 14.8 Å². The van der Waals surface area contributed by atoms with Gasteiger partial charge in [0.2, 0.25) is 0 Å². The lowest BCUT2D eigenvalue weighted by Gasteiger charge is -2.27. The number of halogens is 1. The predicted molar refractivity (Wildman–Crippen MR) is 88.5 cm³/mol. The fourth-order valence-corrected chi connectivity index (χ4v) is 3.50. The van der Waals surface area contributed by atoms with Crippen molar-refractivity contribution in [2.24, 2.45) is 0 Å². The summed E-state index contributed by atoms with van der Waals surface area (Å²) in [6.45, 7) is 6.90. The first-order chi connectivity index (χ1) is 10.2. The number of nitrogens with zero attached hydrogens (tertiary/aromatic N) is 3. The quantitative estimate of drug-likeness (QED) is 0.867. The molecule has 0 radical (unpaired) electrons. The number of fused-ring (bicyclic) bond motifs is 1. The number of amides is 1. The number of carbonyl (C=O) groups is 1. The van der Waals surface area contributed by atoms with Crippen molar-refractivity contribution in [1.29, 1.82) is 0 Å². The monoisotopic (exact) mass is 327 g/mol. The predicted octanol–water partition coefficient (Wildman–Crippen LogP) is 1.03. The average molecular weight is 328 g/mol. The smallest absolute Gasteiger partial charge is 0.274 e. The third-order valence-electron chi connectivity index (χ3n) is 4.75. The molecule has 1 fully saturated rings. The molecule has 0 saturated carbocycles. The van der Waals surface area contributed by atoms with Crippen LogP contribution in [0.5, 0.6) is 0 Å². The van der Waals surface area contributed by atoms with E-state index >= 15 is 0 Å². The van der Waals surface area contributed by atoms with Gasteiger partial charge in [-0.1, -0.05) is 6.92 Å². The molecule has 2 aliphatic heterocycles. The Labute approximate surface area is 138 Å². The lowest BCUT2D eigenvalue weighted by Crippen LogP contribution is -2.41. The fraction of sp³-hybridized carbons (Fsp3) is 0.733. The highest BCUT2D eigenvalue weighted by atomic mass is 35.5. The minimum atomic E-state index is 0. The summed E-state index contributed by atoms with van der Waals surface area (Å²) in [5.74, 6) is 0.0409. The number of H-pyrrole nitrogens is 1. The Kier molecular flexibility index (Phi) is 5.83. The maximum atomic E-state index is 12.7. The van der Waals surface area contributed by atoms with Gasteiger partial charge in [0.1, 0.15) is 0 Å². The van der Waals surface area contributed by atoms with Crippen LogP contribution >= 0.6 is 12.4 Å². The Morgan fingerprint density at radius 3 is 3.09 bits per heavy atom. The molecule has 3 rings (SSSR count). The van der Waals surface area contributed by atoms with Crippen molar-refractivity contribution in [3.05, 3.63) is 17.0 Å². The third-order valence-corrected chi connectivity index (χ3v) is 4.75. The summed E-state index contributed by atoms with van der Waals surface area (Å²) in [5.41, 5.74) is 2.76. The van der Waals surface area contributed by atoms with Crippen LogP contribution in [0.3, 0.4) is 0 Å². The number of hydrogen-bond donors (Lipinski definition) is 2. The van der Waals surface area contributed by atoms with Crippen LogP contribution in [0.1, 0.15) is 41.5 Å². The van der Waals surface area contributed by atoms with Crippen molar-refractivity contribution in [3.63, 3.8) is 0 Å². The van der Waals surface area contributed by atoms with Crippen molar-refractivity contribution in [2.75, 3.05) is 33.2 Å². The minimum Gasteiger partial charge on any atom is -0.339 e. The zero-order valence-electron chi connectivity index (χ0n) is 13.4. The van der Waals surface area contributed by atoms with Gasteiger partial charge in [0.15, 0.2) is 5.69 Å². The highest BCUT2D eigenvalue weighted by molar-refractivity contribution is 5.93. The molecule has 0 bridgehead atoms. The van der Waals surface area contributed by atoms with E-state index in [2.05, 4.69) is 27.3 Å². The molecule has 1 unspecified atom stereocenters. The highest BCUT2D eigenvalue weighted by Gasteiger charge is 2.28. The van der Waals surface area contributed by atoms with E-state index in [0.717, 1.165) is 50.4 Å². The number of likely N-dealkylation sites (N-methyl/N-ethyl adjacent to an activating group) is 2. The van der Waals surface area contributed by atoms with E-state index in [9.17, 15) is 4.79 Å². The van der Waals surface area contributed by atoms with E-state index in [1.807, 2.05) is 11.9 Å². The summed E-state index contributed by atoms with van der Waals surface area (Å²) in [6, 6.07) is 0.497. The first-order valence-corrected chi connectivity index (χ1v) is 7.97. The normalized spacial score (nSPS) is 21.3. The number of hydrogen-bond acceptors (Lipinski definition) is 4. The van der Waals surface area contributed by atoms with Gasteiger partial charge in [-0.15, -0.1) is 12.4 Å². The van der Waals surface area contributed by atoms with Crippen LogP contribution in [-0.4, -0.2) is 65.2 Å². The van der Waals surface area contributed by atoms with Crippen molar-refractivity contribution >= 4 is 18.3 Å². The molecule has 1 saturated heterocycles. The Morgan fingerprint density at radius 2 is 2.32 bits per heavy atom. The number of aromatic nitrogens is 2. The molecule has 0 aromatic carbocycles. The molecule has 124 valence electrons. The number of aromatic amines is 1. The maximum Gasteiger partial charge on any atom is 0.274 e. The summed E-state index contributed by atoms with van der Waals surface area (Å²) in [6.07, 6.45) is 3.35. The lowest BCUT2D eigenvalue weighted by molar-refractivity contribution is 0.0747. The van der Waals surface area contributed by atoms with Crippen molar-refractivity contribution in [1.82, 2.24) is 25.3 Å². The second-order valence-corrected chi connectivity index (χ2v) is 6.07. The van der Waals surface area contributed by atoms with E-state index in [1.54, 1.807) is 0 Å². The lowest BCUT2D eigenvalue weighted by atomic mass is 10.1. The third kappa shape index (κ3) is 3.29. The van der Waals surface area contributed by atoms with Gasteiger partial charge in [0.05, 0.1) is 0 Å². The summed E-state index contributed by atoms with van der Waals surface area (Å²) in [7, 11) is 1.89. The Bertz CT molecular complexity index is 518. The average Bonchev–Trinajstić information content (AvgIpc) is 3.12. The van der Waals surface area contributed by atoms with Crippen LogP contribution in [0.4, 0.5) is 0 Å². The maximum absolute atomic E-state index is 12.7. The zero-order chi connectivity index (χ0) is 14.8. The summed E-state index contributed by atoms with van der Waals surface area (Å²) in [5, 5.41) is 10.6. The number of nitrogens with one attached hydrogen (secondary N) is 2. The van der Waals surface area contributed by atoms with E-state index in [-0.39, 0.29) is 18.3 Å². The van der Waals surface area contributed by atoms with Crippen LogP contribution < -0.4 is 5.32 Å². The Balaban J connectivity index is 0.00000176. The minimum absolute atomic E-state index is 0. The molecule has 6 nitrogen and oxygen atoms in total. The molecule has 3 heterocycles. The van der Waals surface area contributed by atoms with Gasteiger partial charge < -0.3 is 10.2 Å². The van der Waals surface area contributed by atoms with Crippen LogP contribution in [-0.2, 0) is 13.0 Å². The number of rotatable bonds is 4. The van der Waals surface area contributed by atoms with Gasteiger partial charge in [0.25, 0.3) is 5.91 Å². The van der Waals surface area contributed by atoms with Gasteiger partial charge in [-0.25, -0.2) is 0 Å². The standard InChI is InChI=1S/C15H25N5O.ClH/c1-3-20-8-4-5-11(20)10-19(2)15(21)14-12-9-16-7-6-13(12)17-18-14;/h11,16H,3-10H2,1-2H3,(H,17,18);1H. The van der Waals surface area contributed by atoms with Crippen molar-refractivity contribution in [2.45, 2.75) is 38.8 Å². The van der Waals surface area contributed by atoms with Gasteiger partial charge in [-0.05, 0) is 25.9 Å². The Hall–Kier alpha value is -1.11. The second kappa shape index (κ2) is 7.44. The molecule has 2 aliphatic rings.